The summed E-state index contributed by atoms with van der Waals surface area (Å²) in [6.07, 6.45) is 13.5. The van der Waals surface area contributed by atoms with Crippen LogP contribution in [0, 0.1) is 13.8 Å². The summed E-state index contributed by atoms with van der Waals surface area (Å²) in [4.78, 5) is 14.4. The van der Waals surface area contributed by atoms with Crippen LogP contribution in [0.1, 0.15) is 49.3 Å². The predicted octanol–water partition coefficient (Wildman–Crippen LogP) is 7.46. The van der Waals surface area contributed by atoms with Crippen LogP contribution in [0.25, 0.3) is 22.7 Å². The second-order valence-corrected chi connectivity index (χ2v) is 11.7. The number of benzene rings is 3. The molecule has 2 heterocycles. The van der Waals surface area contributed by atoms with E-state index in [4.69, 9.17) is 0 Å². The Balaban J connectivity index is 1.37. The molecule has 0 aliphatic carbocycles. The molecule has 0 saturated heterocycles. The molecule has 5 rings (SSSR count). The van der Waals surface area contributed by atoms with E-state index in [-0.39, 0.29) is 6.42 Å². The minimum absolute atomic E-state index is 0.129. The number of carbonyl (C=O) groups excluding carboxylic acids is 1. The minimum atomic E-state index is -0.967. The van der Waals surface area contributed by atoms with E-state index < -0.39 is 5.97 Å². The molecule has 1 aliphatic heterocycles. The van der Waals surface area contributed by atoms with Gasteiger partial charge in [0.05, 0.1) is 16.1 Å². The fraction of sp³-hybridized carbons (Fsp3) is 0.222. The van der Waals surface area contributed by atoms with Crippen molar-refractivity contribution < 1.29 is 14.5 Å². The molecule has 0 amide bonds. The smallest absolute Gasteiger partial charge is 0.219 e. The van der Waals surface area contributed by atoms with E-state index in [9.17, 15) is 9.90 Å². The van der Waals surface area contributed by atoms with Crippen LogP contribution in [-0.2, 0) is 4.79 Å². The van der Waals surface area contributed by atoms with Gasteiger partial charge in [-0.1, -0.05) is 77.9 Å². The van der Waals surface area contributed by atoms with Crippen LogP contribution in [0.4, 0.5) is 5.69 Å². The number of para-hydroxylation sites is 1. The molecule has 3 aromatic carbocycles. The van der Waals surface area contributed by atoms with Crippen LogP contribution in [0.5, 0.6) is 0 Å². The van der Waals surface area contributed by atoms with Gasteiger partial charge in [0.2, 0.25) is 11.2 Å². The Bertz CT molecular complexity index is 1650. The van der Waals surface area contributed by atoms with Crippen molar-refractivity contribution >= 4 is 40.4 Å². The van der Waals surface area contributed by atoms with Gasteiger partial charge in [0.1, 0.15) is 0 Å². The number of anilines is 1. The molecule has 1 aliphatic rings. The highest BCUT2D eigenvalue weighted by atomic mass is 32.2. The number of hydrogen-bond donors (Lipinski definition) is 0. The average Bonchev–Trinajstić information content (AvgIpc) is 3.31. The first-order valence-electron chi connectivity index (χ1n) is 14.2. The quantitative estimate of drug-likeness (QED) is 0.115. The maximum absolute atomic E-state index is 10.8. The number of rotatable bonds is 10. The largest absolute Gasteiger partial charge is 0.550 e. The second kappa shape index (κ2) is 13.0. The van der Waals surface area contributed by atoms with E-state index in [0.717, 1.165) is 25.1 Å². The molecule has 41 heavy (non-hydrogen) atoms. The summed E-state index contributed by atoms with van der Waals surface area (Å²) in [5.74, 6) is -0.967. The van der Waals surface area contributed by atoms with E-state index in [0.29, 0.717) is 6.42 Å². The van der Waals surface area contributed by atoms with E-state index >= 15 is 0 Å². The molecule has 0 N–H and O–H groups in total. The number of allylic oxidation sites excluding steroid dienone is 4. The SMILES string of the molecule is CC(/C=C/c1cc[n+](-c2ccccc2)c2ccc(C)cc12)=C\C=C1\Sc2cc(C)ccc2N1CCCCCC(=O)[O-]. The highest BCUT2D eigenvalue weighted by molar-refractivity contribution is 8.03. The maximum atomic E-state index is 10.8. The van der Waals surface area contributed by atoms with E-state index in [1.54, 1.807) is 11.8 Å². The van der Waals surface area contributed by atoms with Crippen LogP contribution in [0.2, 0.25) is 0 Å². The van der Waals surface area contributed by atoms with Gasteiger partial charge in [0.15, 0.2) is 6.20 Å². The first-order chi connectivity index (χ1) is 19.9. The summed E-state index contributed by atoms with van der Waals surface area (Å²) in [7, 11) is 0. The number of pyridine rings is 1. The van der Waals surface area contributed by atoms with Gasteiger partial charge in [-0.3, -0.25) is 0 Å². The Morgan fingerprint density at radius 1 is 0.951 bits per heavy atom. The average molecular weight is 561 g/mol. The normalized spacial score (nSPS) is 14.4. The highest BCUT2D eigenvalue weighted by Gasteiger charge is 2.24. The van der Waals surface area contributed by atoms with E-state index in [1.165, 1.54) is 48.8 Å². The van der Waals surface area contributed by atoms with Crippen molar-refractivity contribution in [2.45, 2.75) is 51.3 Å². The molecular formula is C36H36N2O2S. The lowest BCUT2D eigenvalue weighted by molar-refractivity contribution is -0.567. The van der Waals surface area contributed by atoms with Gasteiger partial charge in [0.25, 0.3) is 0 Å². The molecule has 0 bridgehead atoms. The first-order valence-corrected chi connectivity index (χ1v) is 15.0. The van der Waals surface area contributed by atoms with Gasteiger partial charge in [-0.25, -0.2) is 0 Å². The first kappa shape index (κ1) is 28.4. The Labute approximate surface area is 247 Å². The standard InChI is InChI=1S/C36H36N2O2S/c1-26(13-17-29-21-23-37(30-10-6-4-7-11-30)32-18-14-27(2)24-31(29)32)16-20-35-38(22-9-5-8-12-36(39)40)33-19-15-28(3)25-34(33)41-35/h4,6-7,10-11,13-21,23-25H,5,8-9,12,22H2,1-3H3. The van der Waals surface area contributed by atoms with Gasteiger partial charge in [0, 0.05) is 41.7 Å². The zero-order valence-electron chi connectivity index (χ0n) is 24.0. The number of carbonyl (C=O) groups is 1. The molecule has 0 fully saturated rings. The molecule has 0 atom stereocenters. The lowest BCUT2D eigenvalue weighted by atomic mass is 10.0. The summed E-state index contributed by atoms with van der Waals surface area (Å²) in [6.45, 7) is 7.26. The third-order valence-electron chi connectivity index (χ3n) is 7.32. The molecule has 4 nitrogen and oxygen atoms in total. The van der Waals surface area contributed by atoms with Gasteiger partial charge in [-0.2, -0.15) is 4.57 Å². The number of aryl methyl sites for hydroxylation is 2. The minimum Gasteiger partial charge on any atom is -0.550 e. The Morgan fingerprint density at radius 2 is 1.73 bits per heavy atom. The number of fused-ring (bicyclic) bond motifs is 2. The highest BCUT2D eigenvalue weighted by Crippen LogP contribution is 2.46. The molecule has 208 valence electrons. The summed E-state index contributed by atoms with van der Waals surface area (Å²) < 4.78 is 2.24. The van der Waals surface area contributed by atoms with Crippen molar-refractivity contribution in [2.24, 2.45) is 0 Å². The van der Waals surface area contributed by atoms with Crippen LogP contribution in [0.15, 0.2) is 113 Å². The summed E-state index contributed by atoms with van der Waals surface area (Å²) in [5.41, 5.74) is 8.40. The molecular weight excluding hydrogens is 524 g/mol. The van der Waals surface area contributed by atoms with Crippen molar-refractivity contribution in [3.63, 3.8) is 0 Å². The van der Waals surface area contributed by atoms with Crippen molar-refractivity contribution in [2.75, 3.05) is 11.4 Å². The zero-order chi connectivity index (χ0) is 28.8. The van der Waals surface area contributed by atoms with Crippen LogP contribution in [-0.4, -0.2) is 12.5 Å². The number of nitrogens with zero attached hydrogens (tertiary/aromatic N) is 2. The third-order valence-corrected chi connectivity index (χ3v) is 8.44. The van der Waals surface area contributed by atoms with Gasteiger partial charge >= 0.3 is 0 Å². The summed E-state index contributed by atoms with van der Waals surface area (Å²) >= 11 is 1.80. The Morgan fingerprint density at radius 3 is 2.54 bits per heavy atom. The van der Waals surface area contributed by atoms with Gasteiger partial charge < -0.3 is 14.8 Å². The topological polar surface area (TPSA) is 47.2 Å². The molecule has 0 unspecified atom stereocenters. The zero-order valence-corrected chi connectivity index (χ0v) is 24.8. The number of unbranched alkanes of at least 4 members (excludes halogenated alkanes) is 2. The van der Waals surface area contributed by atoms with E-state index in [2.05, 4.69) is 127 Å². The van der Waals surface area contributed by atoms with Gasteiger partial charge in [-0.15, -0.1) is 0 Å². The van der Waals surface area contributed by atoms with Gasteiger partial charge in [-0.05, 0) is 75.4 Å². The molecule has 1 aromatic heterocycles. The van der Waals surface area contributed by atoms with Crippen molar-refractivity contribution in [3.05, 3.63) is 125 Å². The molecule has 0 spiro atoms. The summed E-state index contributed by atoms with van der Waals surface area (Å²) in [6, 6.07) is 25.8. The lowest BCUT2D eigenvalue weighted by Gasteiger charge is -2.20. The van der Waals surface area contributed by atoms with Crippen LogP contribution < -0.4 is 14.6 Å². The molecule has 4 aromatic rings. The van der Waals surface area contributed by atoms with Crippen molar-refractivity contribution in [3.8, 4) is 5.69 Å². The maximum Gasteiger partial charge on any atom is 0.219 e. The van der Waals surface area contributed by atoms with Crippen molar-refractivity contribution in [1.29, 1.82) is 0 Å². The fourth-order valence-corrected chi connectivity index (χ4v) is 6.33. The summed E-state index contributed by atoms with van der Waals surface area (Å²) in [5, 5.41) is 13.2. The lowest BCUT2D eigenvalue weighted by Crippen LogP contribution is -2.31. The van der Waals surface area contributed by atoms with E-state index in [1.807, 2.05) is 6.07 Å². The molecule has 0 radical (unpaired) electrons. The number of hydrogen-bond acceptors (Lipinski definition) is 4. The Kier molecular flexibility index (Phi) is 9.05. The predicted molar refractivity (Wildman–Crippen MR) is 169 cm³/mol. The van der Waals surface area contributed by atoms with Crippen LogP contribution in [0.3, 0.4) is 0 Å². The number of aromatic nitrogens is 1. The number of thioether (sulfide) groups is 1. The second-order valence-electron chi connectivity index (χ2n) is 10.7. The molecule has 5 heteroatoms. The monoisotopic (exact) mass is 560 g/mol. The third kappa shape index (κ3) is 6.98. The number of aliphatic carboxylic acids is 1. The number of carboxylic acids is 1. The molecule has 0 saturated carbocycles. The van der Waals surface area contributed by atoms with Crippen LogP contribution >= 0.6 is 11.8 Å². The number of carboxylic acid groups (broad SMARTS) is 1. The van der Waals surface area contributed by atoms with Crippen molar-refractivity contribution in [1.82, 2.24) is 0 Å². The fourth-order valence-electron chi connectivity index (χ4n) is 5.14. The Hall–Kier alpha value is -4.09.